The summed E-state index contributed by atoms with van der Waals surface area (Å²) in [5.74, 6) is -0.202. The Kier molecular flexibility index (Phi) is 3.06. The van der Waals surface area contributed by atoms with Gasteiger partial charge in [0.15, 0.2) is 0 Å². The number of hydrogen-bond acceptors (Lipinski definition) is 3. The lowest BCUT2D eigenvalue weighted by Crippen LogP contribution is -2.36. The lowest BCUT2D eigenvalue weighted by molar-refractivity contribution is 0.0731. The van der Waals surface area contributed by atoms with Crippen molar-refractivity contribution in [2.24, 2.45) is 0 Å². The minimum Gasteiger partial charge on any atom is -0.507 e. The van der Waals surface area contributed by atoms with Crippen LogP contribution >= 0.6 is 0 Å². The quantitative estimate of drug-likeness (QED) is 0.615. The highest BCUT2D eigenvalue weighted by Gasteiger charge is 2.23. The van der Waals surface area contributed by atoms with Crippen LogP contribution in [0.5, 0.6) is 5.75 Å². The van der Waals surface area contributed by atoms with Crippen LogP contribution in [0.2, 0.25) is 0 Å². The van der Waals surface area contributed by atoms with Crippen molar-refractivity contribution in [3.8, 4) is 5.75 Å². The molecule has 2 aromatic rings. The average molecular weight is 268 g/mol. The maximum absolute atomic E-state index is 12.5. The number of carbonyl (C=O) groups excluding carboxylic acids is 1. The van der Waals surface area contributed by atoms with Crippen LogP contribution < -0.4 is 5.73 Å². The molecule has 20 heavy (non-hydrogen) atoms. The molecular weight excluding hydrogens is 252 g/mol. The summed E-state index contributed by atoms with van der Waals surface area (Å²) in [4.78, 5) is 14.2. The second kappa shape index (κ2) is 4.89. The van der Waals surface area contributed by atoms with Crippen LogP contribution in [0, 0.1) is 0 Å². The van der Waals surface area contributed by atoms with Gasteiger partial charge in [0.1, 0.15) is 5.75 Å². The smallest absolute Gasteiger partial charge is 0.257 e. The third-order valence-electron chi connectivity index (χ3n) is 3.67. The fourth-order valence-corrected chi connectivity index (χ4v) is 2.56. The summed E-state index contributed by atoms with van der Waals surface area (Å²) in [6, 6.07) is 12.7. The summed E-state index contributed by atoms with van der Waals surface area (Å²) >= 11 is 0. The van der Waals surface area contributed by atoms with E-state index in [-0.39, 0.29) is 17.2 Å². The Morgan fingerprint density at radius 1 is 1.15 bits per heavy atom. The number of nitrogens with two attached hydrogens (primary N) is 1. The Morgan fingerprint density at radius 3 is 2.70 bits per heavy atom. The maximum Gasteiger partial charge on any atom is 0.257 e. The molecule has 0 aliphatic carbocycles. The molecule has 0 atom stereocenters. The topological polar surface area (TPSA) is 66.6 Å². The highest BCUT2D eigenvalue weighted by molar-refractivity contribution is 5.97. The molecule has 4 heteroatoms. The number of anilines is 1. The summed E-state index contributed by atoms with van der Waals surface area (Å²) in [5.41, 5.74) is 8.88. The zero-order chi connectivity index (χ0) is 14.1. The Bertz CT molecular complexity index is 667. The van der Waals surface area contributed by atoms with E-state index in [1.165, 1.54) is 17.7 Å². The van der Waals surface area contributed by atoms with Crippen molar-refractivity contribution in [1.82, 2.24) is 4.90 Å². The lowest BCUT2D eigenvalue weighted by Gasteiger charge is -2.29. The van der Waals surface area contributed by atoms with Gasteiger partial charge in [0, 0.05) is 18.8 Å². The number of fused-ring (bicyclic) bond motifs is 1. The van der Waals surface area contributed by atoms with E-state index in [2.05, 4.69) is 6.07 Å². The first-order valence-electron chi connectivity index (χ1n) is 6.59. The largest absolute Gasteiger partial charge is 0.507 e. The van der Waals surface area contributed by atoms with E-state index in [4.69, 9.17) is 5.73 Å². The first-order chi connectivity index (χ1) is 9.65. The monoisotopic (exact) mass is 268 g/mol. The molecule has 4 nitrogen and oxygen atoms in total. The Balaban J connectivity index is 1.88. The van der Waals surface area contributed by atoms with E-state index in [0.717, 1.165) is 12.0 Å². The second-order valence-electron chi connectivity index (χ2n) is 5.02. The molecule has 0 aromatic heterocycles. The SMILES string of the molecule is Nc1ccc(O)c(C(=O)N2CCc3ccccc3C2)c1. The molecule has 1 aliphatic rings. The predicted molar refractivity (Wildman–Crippen MR) is 77.4 cm³/mol. The minimum absolute atomic E-state index is 0.0249. The van der Waals surface area contributed by atoms with Crippen LogP contribution in [0.25, 0.3) is 0 Å². The minimum atomic E-state index is -0.177. The zero-order valence-corrected chi connectivity index (χ0v) is 11.0. The van der Waals surface area contributed by atoms with E-state index in [0.29, 0.717) is 18.8 Å². The number of phenols is 1. The van der Waals surface area contributed by atoms with E-state index in [9.17, 15) is 9.90 Å². The van der Waals surface area contributed by atoms with Gasteiger partial charge in [0.25, 0.3) is 5.91 Å². The molecule has 1 aliphatic heterocycles. The summed E-state index contributed by atoms with van der Waals surface area (Å²) in [6.45, 7) is 1.23. The molecule has 0 unspecified atom stereocenters. The Hall–Kier alpha value is -2.49. The van der Waals surface area contributed by atoms with Gasteiger partial charge in [-0.1, -0.05) is 24.3 Å². The average Bonchev–Trinajstić information content (AvgIpc) is 2.48. The van der Waals surface area contributed by atoms with E-state index >= 15 is 0 Å². The predicted octanol–water partition coefficient (Wildman–Crippen LogP) is 2.17. The first kappa shape index (κ1) is 12.5. The number of hydrogen-bond donors (Lipinski definition) is 2. The van der Waals surface area contributed by atoms with Crippen molar-refractivity contribution in [2.75, 3.05) is 12.3 Å². The fraction of sp³-hybridized carbons (Fsp3) is 0.188. The molecular formula is C16H16N2O2. The number of carbonyl (C=O) groups is 1. The van der Waals surface area contributed by atoms with Crippen LogP contribution in [-0.4, -0.2) is 22.5 Å². The molecule has 0 radical (unpaired) electrons. The summed E-state index contributed by atoms with van der Waals surface area (Å²) in [5, 5.41) is 9.83. The molecule has 1 heterocycles. The molecule has 0 saturated carbocycles. The fourth-order valence-electron chi connectivity index (χ4n) is 2.56. The van der Waals surface area contributed by atoms with Crippen LogP contribution in [0.15, 0.2) is 42.5 Å². The number of aromatic hydroxyl groups is 1. The van der Waals surface area contributed by atoms with Crippen LogP contribution in [0.3, 0.4) is 0 Å². The Morgan fingerprint density at radius 2 is 1.90 bits per heavy atom. The van der Waals surface area contributed by atoms with Gasteiger partial charge in [0.2, 0.25) is 0 Å². The van der Waals surface area contributed by atoms with Gasteiger partial charge in [-0.25, -0.2) is 0 Å². The zero-order valence-electron chi connectivity index (χ0n) is 11.0. The number of nitrogens with zero attached hydrogens (tertiary/aromatic N) is 1. The van der Waals surface area contributed by atoms with Crippen molar-refractivity contribution >= 4 is 11.6 Å². The highest BCUT2D eigenvalue weighted by atomic mass is 16.3. The first-order valence-corrected chi connectivity index (χ1v) is 6.59. The van der Waals surface area contributed by atoms with Gasteiger partial charge < -0.3 is 15.7 Å². The van der Waals surface area contributed by atoms with E-state index in [1.807, 2.05) is 18.2 Å². The number of nitrogen functional groups attached to an aromatic ring is 1. The van der Waals surface area contributed by atoms with Crippen molar-refractivity contribution < 1.29 is 9.90 Å². The molecule has 1 amide bonds. The molecule has 0 saturated heterocycles. The highest BCUT2D eigenvalue weighted by Crippen LogP contribution is 2.25. The molecule has 3 rings (SSSR count). The molecule has 0 spiro atoms. The molecule has 3 N–H and O–H groups in total. The van der Waals surface area contributed by atoms with E-state index < -0.39 is 0 Å². The molecule has 0 fully saturated rings. The van der Waals surface area contributed by atoms with Gasteiger partial charge in [-0.3, -0.25) is 4.79 Å². The van der Waals surface area contributed by atoms with Crippen molar-refractivity contribution in [3.05, 3.63) is 59.2 Å². The van der Waals surface area contributed by atoms with Crippen LogP contribution in [0.1, 0.15) is 21.5 Å². The van der Waals surface area contributed by atoms with Crippen molar-refractivity contribution in [3.63, 3.8) is 0 Å². The number of rotatable bonds is 1. The van der Waals surface area contributed by atoms with E-state index in [1.54, 1.807) is 11.0 Å². The molecule has 0 bridgehead atoms. The van der Waals surface area contributed by atoms with Crippen LogP contribution in [0.4, 0.5) is 5.69 Å². The second-order valence-corrected chi connectivity index (χ2v) is 5.02. The van der Waals surface area contributed by atoms with Crippen molar-refractivity contribution in [2.45, 2.75) is 13.0 Å². The molecule has 102 valence electrons. The number of benzene rings is 2. The standard InChI is InChI=1S/C16H16N2O2/c17-13-5-6-15(19)14(9-13)16(20)18-8-7-11-3-1-2-4-12(11)10-18/h1-6,9,19H,7-8,10,17H2. The molecule has 2 aromatic carbocycles. The third kappa shape index (κ3) is 2.20. The summed E-state index contributed by atoms with van der Waals surface area (Å²) < 4.78 is 0. The van der Waals surface area contributed by atoms with Crippen molar-refractivity contribution in [1.29, 1.82) is 0 Å². The van der Waals surface area contributed by atoms with Gasteiger partial charge >= 0.3 is 0 Å². The van der Waals surface area contributed by atoms with Gasteiger partial charge in [-0.05, 0) is 35.7 Å². The Labute approximate surface area is 117 Å². The van der Waals surface area contributed by atoms with Crippen LogP contribution in [-0.2, 0) is 13.0 Å². The summed E-state index contributed by atoms with van der Waals surface area (Å²) in [6.07, 6.45) is 0.838. The van der Waals surface area contributed by atoms with Gasteiger partial charge in [-0.15, -0.1) is 0 Å². The maximum atomic E-state index is 12.5. The third-order valence-corrected chi connectivity index (χ3v) is 3.67. The summed E-state index contributed by atoms with van der Waals surface area (Å²) in [7, 11) is 0. The van der Waals surface area contributed by atoms with Gasteiger partial charge in [-0.2, -0.15) is 0 Å². The lowest BCUT2D eigenvalue weighted by atomic mass is 9.99. The van der Waals surface area contributed by atoms with Gasteiger partial charge in [0.05, 0.1) is 5.56 Å². The normalized spacial score (nSPS) is 13.9. The number of phenolic OH excluding ortho intramolecular Hbond substituents is 1. The number of amides is 1.